The molecular weight excluding hydrogens is 333 g/mol. The van der Waals surface area contributed by atoms with E-state index in [1.807, 2.05) is 24.3 Å². The van der Waals surface area contributed by atoms with E-state index >= 15 is 0 Å². The van der Waals surface area contributed by atoms with Crippen molar-refractivity contribution in [3.63, 3.8) is 0 Å². The van der Waals surface area contributed by atoms with Crippen LogP contribution >= 0.6 is 0 Å². The van der Waals surface area contributed by atoms with Crippen molar-refractivity contribution in [3.8, 4) is 0 Å². The highest BCUT2D eigenvalue weighted by molar-refractivity contribution is 5.99. The van der Waals surface area contributed by atoms with Crippen molar-refractivity contribution < 1.29 is 14.0 Å². The van der Waals surface area contributed by atoms with E-state index in [0.29, 0.717) is 12.2 Å². The average Bonchev–Trinajstić information content (AvgIpc) is 3.04. The number of para-hydroxylation sites is 1. The van der Waals surface area contributed by atoms with Gasteiger partial charge in [0.25, 0.3) is 0 Å². The molecule has 2 aromatic rings. The van der Waals surface area contributed by atoms with Crippen LogP contribution < -0.4 is 10.2 Å². The Balaban J connectivity index is 1.60. The summed E-state index contributed by atoms with van der Waals surface area (Å²) in [6.45, 7) is 2.49. The second kappa shape index (κ2) is 7.66. The maximum absolute atomic E-state index is 13.2. The molecular formula is C20H22FN3O2. The number of fused-ring (bicyclic) bond motifs is 1. The molecule has 3 rings (SSSR count). The molecule has 0 aliphatic carbocycles. The molecule has 26 heavy (non-hydrogen) atoms. The number of carbonyl (C=O) groups is 2. The van der Waals surface area contributed by atoms with Gasteiger partial charge in [0.05, 0.1) is 12.6 Å². The molecule has 0 unspecified atom stereocenters. The van der Waals surface area contributed by atoms with Gasteiger partial charge in [-0.25, -0.2) is 4.39 Å². The van der Waals surface area contributed by atoms with Crippen molar-refractivity contribution in [3.05, 3.63) is 59.9 Å². The maximum Gasteiger partial charge on any atom is 0.244 e. The summed E-state index contributed by atoms with van der Waals surface area (Å²) in [5, 5.41) is 2.65. The zero-order chi connectivity index (χ0) is 18.7. The average molecular weight is 355 g/mol. The number of benzene rings is 2. The maximum atomic E-state index is 13.2. The molecule has 0 saturated heterocycles. The van der Waals surface area contributed by atoms with Crippen LogP contribution in [0.5, 0.6) is 0 Å². The summed E-state index contributed by atoms with van der Waals surface area (Å²) in [7, 11) is 1.73. The van der Waals surface area contributed by atoms with Gasteiger partial charge in [-0.2, -0.15) is 0 Å². The molecule has 0 fully saturated rings. The van der Waals surface area contributed by atoms with Gasteiger partial charge < -0.3 is 10.2 Å². The molecule has 1 aliphatic heterocycles. The molecule has 2 amide bonds. The second-order valence-electron chi connectivity index (χ2n) is 6.52. The van der Waals surface area contributed by atoms with Crippen LogP contribution in [0.1, 0.15) is 12.5 Å². The topological polar surface area (TPSA) is 52.7 Å². The van der Waals surface area contributed by atoms with E-state index in [0.717, 1.165) is 12.1 Å². The summed E-state index contributed by atoms with van der Waals surface area (Å²) >= 11 is 0. The van der Waals surface area contributed by atoms with Crippen LogP contribution in [0.4, 0.5) is 15.8 Å². The minimum Gasteiger partial charge on any atom is -0.325 e. The lowest BCUT2D eigenvalue weighted by molar-refractivity contribution is -0.124. The van der Waals surface area contributed by atoms with Gasteiger partial charge in [0.15, 0.2) is 0 Å². The molecule has 0 bridgehead atoms. The third-order valence-corrected chi connectivity index (χ3v) is 4.67. The normalized spacial score (nSPS) is 14.2. The van der Waals surface area contributed by atoms with E-state index in [1.165, 1.54) is 23.8 Å². The van der Waals surface area contributed by atoms with Crippen LogP contribution in [0, 0.1) is 5.82 Å². The first-order valence-electron chi connectivity index (χ1n) is 8.60. The Hall–Kier alpha value is -2.73. The van der Waals surface area contributed by atoms with E-state index in [4.69, 9.17) is 0 Å². The zero-order valence-corrected chi connectivity index (χ0v) is 14.9. The SMILES string of the molecule is C[C@H](C(=O)N1CCc2ccccc21)N(C)CC(=O)Nc1cccc(F)c1. The van der Waals surface area contributed by atoms with Crippen LogP contribution in [0.15, 0.2) is 48.5 Å². The minimum atomic E-state index is -0.445. The number of nitrogens with zero attached hydrogens (tertiary/aromatic N) is 2. The summed E-state index contributed by atoms with van der Waals surface area (Å²) in [6.07, 6.45) is 0.846. The number of anilines is 2. The van der Waals surface area contributed by atoms with Gasteiger partial charge in [-0.1, -0.05) is 24.3 Å². The highest BCUT2D eigenvalue weighted by Crippen LogP contribution is 2.28. The molecule has 1 heterocycles. The van der Waals surface area contributed by atoms with E-state index in [9.17, 15) is 14.0 Å². The van der Waals surface area contributed by atoms with Gasteiger partial charge in [0.2, 0.25) is 11.8 Å². The lowest BCUT2D eigenvalue weighted by atomic mass is 10.2. The molecule has 1 aliphatic rings. The van der Waals surface area contributed by atoms with Gasteiger partial charge in [0.1, 0.15) is 5.82 Å². The number of hydrogen-bond donors (Lipinski definition) is 1. The third-order valence-electron chi connectivity index (χ3n) is 4.67. The van der Waals surface area contributed by atoms with E-state index in [2.05, 4.69) is 5.32 Å². The highest BCUT2D eigenvalue weighted by atomic mass is 19.1. The standard InChI is InChI=1S/C20H22FN3O2/c1-14(20(26)24-11-10-15-6-3-4-9-18(15)24)23(2)13-19(25)22-17-8-5-7-16(21)12-17/h3-9,12,14H,10-11,13H2,1-2H3,(H,22,25)/t14-/m1/s1. The Kier molecular flexibility index (Phi) is 5.32. The summed E-state index contributed by atoms with van der Waals surface area (Å²) in [5.41, 5.74) is 2.51. The molecule has 136 valence electrons. The van der Waals surface area contributed by atoms with E-state index in [-0.39, 0.29) is 18.4 Å². The fourth-order valence-electron chi connectivity index (χ4n) is 3.11. The molecule has 0 spiro atoms. The monoisotopic (exact) mass is 355 g/mol. The van der Waals surface area contributed by atoms with E-state index < -0.39 is 11.9 Å². The first kappa shape index (κ1) is 18.1. The number of amides is 2. The number of carbonyl (C=O) groups excluding carboxylic acids is 2. The summed E-state index contributed by atoms with van der Waals surface area (Å²) in [4.78, 5) is 28.5. The highest BCUT2D eigenvalue weighted by Gasteiger charge is 2.30. The van der Waals surface area contributed by atoms with Crippen LogP contribution in [0.2, 0.25) is 0 Å². The van der Waals surface area contributed by atoms with Crippen LogP contribution in [-0.2, 0) is 16.0 Å². The van der Waals surface area contributed by atoms with E-state index in [1.54, 1.807) is 29.8 Å². The van der Waals surface area contributed by atoms with Crippen LogP contribution in [0.3, 0.4) is 0 Å². The molecule has 1 atom stereocenters. The minimum absolute atomic E-state index is 0.0315. The van der Waals surface area contributed by atoms with Gasteiger partial charge in [0, 0.05) is 17.9 Å². The van der Waals surface area contributed by atoms with Crippen molar-refractivity contribution in [2.75, 3.05) is 30.4 Å². The fraction of sp³-hybridized carbons (Fsp3) is 0.300. The quantitative estimate of drug-likeness (QED) is 0.897. The largest absolute Gasteiger partial charge is 0.325 e. The van der Waals surface area contributed by atoms with Crippen molar-refractivity contribution in [1.82, 2.24) is 4.90 Å². The van der Waals surface area contributed by atoms with Crippen molar-refractivity contribution in [2.45, 2.75) is 19.4 Å². The van der Waals surface area contributed by atoms with Gasteiger partial charge in [-0.3, -0.25) is 14.5 Å². The van der Waals surface area contributed by atoms with Gasteiger partial charge >= 0.3 is 0 Å². The first-order valence-corrected chi connectivity index (χ1v) is 8.60. The van der Waals surface area contributed by atoms with Gasteiger partial charge in [-0.15, -0.1) is 0 Å². The van der Waals surface area contributed by atoms with Crippen LogP contribution in [-0.4, -0.2) is 42.9 Å². The predicted molar refractivity (Wildman–Crippen MR) is 99.6 cm³/mol. The summed E-state index contributed by atoms with van der Waals surface area (Å²) in [6, 6.07) is 13.2. The molecule has 1 N–H and O–H groups in total. The summed E-state index contributed by atoms with van der Waals surface area (Å²) in [5.74, 6) is -0.733. The number of rotatable bonds is 5. The Morgan fingerprint density at radius 3 is 2.77 bits per heavy atom. The number of likely N-dealkylation sites (N-methyl/N-ethyl adjacent to an activating group) is 1. The molecule has 0 radical (unpaired) electrons. The fourth-order valence-corrected chi connectivity index (χ4v) is 3.11. The molecule has 0 aromatic heterocycles. The number of nitrogens with one attached hydrogen (secondary N) is 1. The van der Waals surface area contributed by atoms with Crippen molar-refractivity contribution in [2.24, 2.45) is 0 Å². The Bertz CT molecular complexity index is 824. The second-order valence-corrected chi connectivity index (χ2v) is 6.52. The van der Waals surface area contributed by atoms with Crippen LogP contribution in [0.25, 0.3) is 0 Å². The summed E-state index contributed by atoms with van der Waals surface area (Å²) < 4.78 is 13.2. The zero-order valence-electron chi connectivity index (χ0n) is 14.9. The number of halogens is 1. The molecule has 0 saturated carbocycles. The Labute approximate surface area is 152 Å². The Morgan fingerprint density at radius 2 is 2.00 bits per heavy atom. The lowest BCUT2D eigenvalue weighted by Crippen LogP contribution is -2.47. The number of hydrogen-bond acceptors (Lipinski definition) is 3. The molecule has 6 heteroatoms. The first-order chi connectivity index (χ1) is 12.5. The molecule has 2 aromatic carbocycles. The Morgan fingerprint density at radius 1 is 1.23 bits per heavy atom. The smallest absolute Gasteiger partial charge is 0.244 e. The molecule has 5 nitrogen and oxygen atoms in total. The third kappa shape index (κ3) is 3.91. The van der Waals surface area contributed by atoms with Crippen molar-refractivity contribution >= 4 is 23.2 Å². The van der Waals surface area contributed by atoms with Crippen molar-refractivity contribution in [1.29, 1.82) is 0 Å². The lowest BCUT2D eigenvalue weighted by Gasteiger charge is -2.28. The predicted octanol–water partition coefficient (Wildman–Crippen LogP) is 2.67. The van der Waals surface area contributed by atoms with Gasteiger partial charge in [-0.05, 0) is 50.2 Å².